The highest BCUT2D eigenvalue weighted by molar-refractivity contribution is 5.89. The van der Waals surface area contributed by atoms with Crippen LogP contribution >= 0.6 is 0 Å². The van der Waals surface area contributed by atoms with Gasteiger partial charge >= 0.3 is 6.09 Å². The maximum atomic E-state index is 15.3. The van der Waals surface area contributed by atoms with Crippen LogP contribution in [0.5, 0.6) is 5.88 Å². The van der Waals surface area contributed by atoms with Gasteiger partial charge in [-0.25, -0.2) is 9.18 Å². The standard InChI is InChI=1S/C31H37FN4O3/c1-3-22-6-8-23(9-7-22)18-34-19-25-26(20-34)27(25)21-36(31(37)39-30-5-4-12-33(30)2)24-10-11-29(28(32)17-24)35-13-15-38-16-14-35/h4-12,17,25-27H,3,13-16,18-21H2,1-2H3. The molecule has 39 heavy (non-hydrogen) atoms. The molecule has 206 valence electrons. The van der Waals surface area contributed by atoms with Gasteiger partial charge in [-0.15, -0.1) is 0 Å². The topological polar surface area (TPSA) is 50.2 Å². The van der Waals surface area contributed by atoms with E-state index < -0.39 is 6.09 Å². The number of amides is 1. The molecule has 1 saturated carbocycles. The number of rotatable bonds is 8. The summed E-state index contributed by atoms with van der Waals surface area (Å²) in [6.45, 7) is 8.18. The number of benzene rings is 2. The van der Waals surface area contributed by atoms with E-state index in [9.17, 15) is 4.79 Å². The van der Waals surface area contributed by atoms with Gasteiger partial charge in [0.15, 0.2) is 0 Å². The second kappa shape index (κ2) is 11.0. The predicted octanol–water partition coefficient (Wildman–Crippen LogP) is 4.95. The summed E-state index contributed by atoms with van der Waals surface area (Å²) >= 11 is 0. The van der Waals surface area contributed by atoms with Crippen LogP contribution in [0.25, 0.3) is 0 Å². The second-order valence-electron chi connectivity index (χ2n) is 11.0. The molecule has 2 aliphatic heterocycles. The highest BCUT2D eigenvalue weighted by Crippen LogP contribution is 2.52. The fourth-order valence-electron chi connectivity index (χ4n) is 6.19. The zero-order valence-electron chi connectivity index (χ0n) is 22.8. The molecule has 3 fully saturated rings. The zero-order chi connectivity index (χ0) is 26.9. The molecule has 7 nitrogen and oxygen atoms in total. The molecule has 0 radical (unpaired) electrons. The first-order valence-corrected chi connectivity index (χ1v) is 14.0. The Balaban J connectivity index is 1.14. The molecule has 2 atom stereocenters. The van der Waals surface area contributed by atoms with Gasteiger partial charge in [0.25, 0.3) is 0 Å². The number of hydrogen-bond acceptors (Lipinski definition) is 5. The number of likely N-dealkylation sites (tertiary alicyclic amines) is 1. The van der Waals surface area contributed by atoms with Gasteiger partial charge < -0.3 is 18.9 Å². The lowest BCUT2D eigenvalue weighted by Crippen LogP contribution is -2.38. The third-order valence-electron chi connectivity index (χ3n) is 8.58. The first kappa shape index (κ1) is 25.9. The van der Waals surface area contributed by atoms with Crippen LogP contribution in [-0.4, -0.2) is 61.5 Å². The molecule has 1 amide bonds. The molecular formula is C31H37FN4O3. The van der Waals surface area contributed by atoms with Gasteiger partial charge in [-0.05, 0) is 59.6 Å². The molecule has 2 unspecified atom stereocenters. The summed E-state index contributed by atoms with van der Waals surface area (Å²) in [7, 11) is 1.83. The molecule has 0 spiro atoms. The van der Waals surface area contributed by atoms with Crippen molar-refractivity contribution >= 4 is 17.5 Å². The lowest BCUT2D eigenvalue weighted by molar-refractivity contribution is 0.122. The van der Waals surface area contributed by atoms with E-state index in [0.29, 0.717) is 67.9 Å². The number of hydrogen-bond donors (Lipinski definition) is 0. The van der Waals surface area contributed by atoms with E-state index in [1.807, 2.05) is 30.3 Å². The Morgan fingerprint density at radius 2 is 1.77 bits per heavy atom. The molecule has 2 saturated heterocycles. The Morgan fingerprint density at radius 3 is 2.41 bits per heavy atom. The van der Waals surface area contributed by atoms with Crippen LogP contribution in [0.3, 0.4) is 0 Å². The highest BCUT2D eigenvalue weighted by Gasteiger charge is 2.56. The summed E-state index contributed by atoms with van der Waals surface area (Å²) in [4.78, 5) is 19.6. The third-order valence-corrected chi connectivity index (χ3v) is 8.58. The Labute approximate surface area is 229 Å². The van der Waals surface area contributed by atoms with Crippen molar-refractivity contribution in [3.05, 3.63) is 77.7 Å². The molecule has 1 aliphatic carbocycles. The summed E-state index contributed by atoms with van der Waals surface area (Å²) in [6, 6.07) is 17.6. The lowest BCUT2D eigenvalue weighted by Gasteiger charge is -2.30. The highest BCUT2D eigenvalue weighted by atomic mass is 19.1. The lowest BCUT2D eigenvalue weighted by atomic mass is 10.1. The minimum atomic E-state index is -0.479. The van der Waals surface area contributed by atoms with Gasteiger partial charge in [0.2, 0.25) is 5.88 Å². The average molecular weight is 533 g/mol. The van der Waals surface area contributed by atoms with Gasteiger partial charge in [0, 0.05) is 58.6 Å². The largest absolute Gasteiger partial charge is 0.421 e. The van der Waals surface area contributed by atoms with E-state index in [1.54, 1.807) is 21.6 Å². The fraction of sp³-hybridized carbons (Fsp3) is 0.452. The van der Waals surface area contributed by atoms with Crippen molar-refractivity contribution in [3.8, 4) is 5.88 Å². The normalized spacial score (nSPS) is 22.5. The maximum absolute atomic E-state index is 15.3. The number of fused-ring (bicyclic) bond motifs is 1. The smallest absolute Gasteiger partial charge is 0.393 e. The minimum Gasteiger partial charge on any atom is -0.393 e. The number of halogens is 1. The molecule has 0 N–H and O–H groups in total. The Kier molecular flexibility index (Phi) is 7.32. The molecule has 8 heteroatoms. The van der Waals surface area contributed by atoms with Gasteiger partial charge in [-0.1, -0.05) is 31.2 Å². The molecule has 6 rings (SSSR count). The third kappa shape index (κ3) is 5.54. The predicted molar refractivity (Wildman–Crippen MR) is 150 cm³/mol. The number of ether oxygens (including phenoxy) is 2. The summed E-state index contributed by atoms with van der Waals surface area (Å²) in [5.74, 6) is 1.60. The molecule has 3 aliphatic rings. The molecule has 1 aromatic heterocycles. The van der Waals surface area contributed by atoms with Gasteiger partial charge in [-0.3, -0.25) is 9.80 Å². The number of nitrogens with zero attached hydrogens (tertiary/aromatic N) is 4. The number of carbonyl (C=O) groups excluding carboxylic acids is 1. The van der Waals surface area contributed by atoms with Crippen LogP contribution in [0.1, 0.15) is 18.1 Å². The Bertz CT molecular complexity index is 1290. The summed E-state index contributed by atoms with van der Waals surface area (Å²) in [5.41, 5.74) is 3.78. The quantitative estimate of drug-likeness (QED) is 0.411. The van der Waals surface area contributed by atoms with Crippen molar-refractivity contribution < 1.29 is 18.7 Å². The van der Waals surface area contributed by atoms with Crippen LogP contribution in [0, 0.1) is 23.6 Å². The second-order valence-corrected chi connectivity index (χ2v) is 11.0. The number of anilines is 2. The SMILES string of the molecule is CCc1ccc(CN2CC3C(C2)C3CN(C(=O)Oc2cccn2C)c2ccc(N3CCOCC3)c(F)c2)cc1. The van der Waals surface area contributed by atoms with Crippen molar-refractivity contribution in [1.29, 1.82) is 0 Å². The number of aryl methyl sites for hydroxylation is 2. The first-order chi connectivity index (χ1) is 19.0. The van der Waals surface area contributed by atoms with Crippen molar-refractivity contribution in [2.75, 3.05) is 55.7 Å². The van der Waals surface area contributed by atoms with Gasteiger partial charge in [0.1, 0.15) is 5.82 Å². The Morgan fingerprint density at radius 1 is 1.05 bits per heavy atom. The number of piperidine rings is 1. The average Bonchev–Trinajstić information content (AvgIpc) is 3.22. The fourth-order valence-corrected chi connectivity index (χ4v) is 6.19. The van der Waals surface area contributed by atoms with E-state index in [4.69, 9.17) is 9.47 Å². The van der Waals surface area contributed by atoms with Crippen LogP contribution in [0.15, 0.2) is 60.8 Å². The van der Waals surface area contributed by atoms with Crippen molar-refractivity contribution in [2.24, 2.45) is 24.8 Å². The zero-order valence-corrected chi connectivity index (χ0v) is 22.8. The van der Waals surface area contributed by atoms with Crippen LogP contribution < -0.4 is 14.5 Å². The molecule has 3 aromatic rings. The first-order valence-electron chi connectivity index (χ1n) is 14.0. The monoisotopic (exact) mass is 532 g/mol. The molecular weight excluding hydrogens is 495 g/mol. The van der Waals surface area contributed by atoms with E-state index in [2.05, 4.69) is 36.1 Å². The van der Waals surface area contributed by atoms with Crippen LogP contribution in [-0.2, 0) is 24.8 Å². The Hall–Kier alpha value is -3.36. The summed E-state index contributed by atoms with van der Waals surface area (Å²) < 4.78 is 28.2. The van der Waals surface area contributed by atoms with Gasteiger partial charge in [0.05, 0.1) is 24.6 Å². The molecule has 0 bridgehead atoms. The van der Waals surface area contributed by atoms with E-state index in [1.165, 1.54) is 17.2 Å². The van der Waals surface area contributed by atoms with Crippen LogP contribution in [0.2, 0.25) is 0 Å². The van der Waals surface area contributed by atoms with E-state index >= 15 is 4.39 Å². The molecule has 2 aromatic carbocycles. The molecule has 3 heterocycles. The number of carbonyl (C=O) groups is 1. The summed E-state index contributed by atoms with van der Waals surface area (Å²) in [6.07, 6.45) is 2.41. The number of morpholine rings is 1. The maximum Gasteiger partial charge on any atom is 0.421 e. The summed E-state index contributed by atoms with van der Waals surface area (Å²) in [5, 5.41) is 0. The van der Waals surface area contributed by atoms with Crippen molar-refractivity contribution in [1.82, 2.24) is 9.47 Å². The number of aromatic nitrogens is 1. The van der Waals surface area contributed by atoms with Gasteiger partial charge in [-0.2, -0.15) is 0 Å². The van der Waals surface area contributed by atoms with E-state index in [0.717, 1.165) is 26.1 Å². The van der Waals surface area contributed by atoms with Crippen molar-refractivity contribution in [3.63, 3.8) is 0 Å². The van der Waals surface area contributed by atoms with Crippen LogP contribution in [0.4, 0.5) is 20.6 Å². The van der Waals surface area contributed by atoms with Crippen molar-refractivity contribution in [2.45, 2.75) is 19.9 Å². The minimum absolute atomic E-state index is 0.331. The van der Waals surface area contributed by atoms with E-state index in [-0.39, 0.29) is 5.82 Å².